The van der Waals surface area contributed by atoms with Crippen molar-refractivity contribution in [3.05, 3.63) is 102 Å². The lowest BCUT2D eigenvalue weighted by molar-refractivity contribution is -0.137. The first kappa shape index (κ1) is 30.0. The number of rotatable bonds is 9. The van der Waals surface area contributed by atoms with Crippen molar-refractivity contribution in [3.63, 3.8) is 0 Å². The summed E-state index contributed by atoms with van der Waals surface area (Å²) in [5, 5.41) is 5.80. The molecular formula is C29H26F4N6O3S. The van der Waals surface area contributed by atoms with Crippen LogP contribution in [0.3, 0.4) is 0 Å². The lowest BCUT2D eigenvalue weighted by Crippen LogP contribution is -2.45. The predicted molar refractivity (Wildman–Crippen MR) is 149 cm³/mol. The average Bonchev–Trinajstić information content (AvgIpc) is 3.51. The van der Waals surface area contributed by atoms with E-state index >= 15 is 0 Å². The first-order valence-corrected chi connectivity index (χ1v) is 14.7. The van der Waals surface area contributed by atoms with E-state index in [9.17, 15) is 30.8 Å². The van der Waals surface area contributed by atoms with Crippen molar-refractivity contribution in [2.75, 3.05) is 11.9 Å². The third-order valence-electron chi connectivity index (χ3n) is 6.83. The molecule has 2 N–H and O–H groups in total. The zero-order chi connectivity index (χ0) is 30.6. The van der Waals surface area contributed by atoms with Crippen molar-refractivity contribution in [1.82, 2.24) is 24.6 Å². The van der Waals surface area contributed by atoms with Gasteiger partial charge in [-0.05, 0) is 66.9 Å². The molecule has 1 aliphatic rings. The molecule has 43 heavy (non-hydrogen) atoms. The number of carbonyl (C=O) groups is 1. The van der Waals surface area contributed by atoms with Crippen LogP contribution in [0, 0.1) is 5.82 Å². The molecule has 1 saturated heterocycles. The van der Waals surface area contributed by atoms with Gasteiger partial charge in [0, 0.05) is 31.0 Å². The molecule has 3 heterocycles. The first-order chi connectivity index (χ1) is 20.5. The monoisotopic (exact) mass is 614 g/mol. The summed E-state index contributed by atoms with van der Waals surface area (Å²) in [4.78, 5) is 26.0. The summed E-state index contributed by atoms with van der Waals surface area (Å²) in [6, 6.07) is 13.1. The van der Waals surface area contributed by atoms with E-state index < -0.39 is 39.5 Å². The molecule has 1 aliphatic heterocycles. The second kappa shape index (κ2) is 12.4. The van der Waals surface area contributed by atoms with E-state index in [4.69, 9.17) is 0 Å². The summed E-state index contributed by atoms with van der Waals surface area (Å²) < 4.78 is 80.1. The minimum Gasteiger partial charge on any atom is -0.350 e. The Morgan fingerprint density at radius 3 is 2.42 bits per heavy atom. The molecule has 1 atom stereocenters. The Hall–Kier alpha value is -4.43. The summed E-state index contributed by atoms with van der Waals surface area (Å²) in [6.45, 7) is 0.345. The number of aromatic nitrogens is 3. The summed E-state index contributed by atoms with van der Waals surface area (Å²) in [7, 11) is -4.04. The van der Waals surface area contributed by atoms with Crippen LogP contribution < -0.4 is 10.6 Å². The van der Waals surface area contributed by atoms with Crippen molar-refractivity contribution < 1.29 is 30.8 Å². The maximum absolute atomic E-state index is 13.3. The maximum atomic E-state index is 13.3. The van der Waals surface area contributed by atoms with Gasteiger partial charge in [0.1, 0.15) is 11.9 Å². The quantitative estimate of drug-likeness (QED) is 0.261. The Labute approximate surface area is 245 Å². The summed E-state index contributed by atoms with van der Waals surface area (Å²) >= 11 is 0. The van der Waals surface area contributed by atoms with E-state index in [1.54, 1.807) is 24.5 Å². The number of pyridine rings is 1. The third kappa shape index (κ3) is 7.14. The van der Waals surface area contributed by atoms with Gasteiger partial charge in [-0.2, -0.15) is 17.5 Å². The normalized spacial score (nSPS) is 15.8. The van der Waals surface area contributed by atoms with Crippen LogP contribution in [0.4, 0.5) is 23.5 Å². The Balaban J connectivity index is 1.35. The van der Waals surface area contributed by atoms with E-state index in [1.807, 2.05) is 6.07 Å². The number of sulfonamides is 1. The fourth-order valence-corrected chi connectivity index (χ4v) is 6.31. The molecule has 14 heteroatoms. The molecule has 2 aromatic carbocycles. The maximum Gasteiger partial charge on any atom is 0.416 e. The number of nitrogens with one attached hydrogen (secondary N) is 2. The van der Waals surface area contributed by atoms with Gasteiger partial charge in [-0.25, -0.2) is 22.8 Å². The van der Waals surface area contributed by atoms with Crippen LogP contribution in [0.2, 0.25) is 0 Å². The Morgan fingerprint density at radius 1 is 1.00 bits per heavy atom. The zero-order valence-corrected chi connectivity index (χ0v) is 23.4. The number of amides is 1. The second-order valence-electron chi connectivity index (χ2n) is 9.80. The largest absolute Gasteiger partial charge is 0.416 e. The van der Waals surface area contributed by atoms with Gasteiger partial charge in [0.05, 0.1) is 28.4 Å². The van der Waals surface area contributed by atoms with Crippen molar-refractivity contribution in [1.29, 1.82) is 0 Å². The van der Waals surface area contributed by atoms with Crippen LogP contribution in [0.25, 0.3) is 11.3 Å². The van der Waals surface area contributed by atoms with E-state index in [1.165, 1.54) is 12.1 Å². The second-order valence-corrected chi connectivity index (χ2v) is 11.7. The van der Waals surface area contributed by atoms with Crippen molar-refractivity contribution in [2.45, 2.75) is 43.0 Å². The number of halogens is 4. The molecule has 1 amide bonds. The van der Waals surface area contributed by atoms with Crippen LogP contribution in [-0.2, 0) is 34.1 Å². The minimum atomic E-state index is -4.49. The Bertz CT molecular complexity index is 1690. The molecule has 0 spiro atoms. The topological polar surface area (TPSA) is 117 Å². The molecule has 5 rings (SSSR count). The predicted octanol–water partition coefficient (Wildman–Crippen LogP) is 4.78. The molecule has 2 aromatic heterocycles. The molecule has 224 valence electrons. The molecule has 1 fully saturated rings. The molecule has 0 bridgehead atoms. The summed E-state index contributed by atoms with van der Waals surface area (Å²) in [6.07, 6.45) is -0.449. The number of hydrogen-bond acceptors (Lipinski definition) is 7. The Kier molecular flexibility index (Phi) is 8.69. The first-order valence-electron chi connectivity index (χ1n) is 13.2. The fourth-order valence-electron chi connectivity index (χ4n) is 4.66. The smallest absolute Gasteiger partial charge is 0.350 e. The van der Waals surface area contributed by atoms with Crippen LogP contribution in [0.5, 0.6) is 0 Å². The van der Waals surface area contributed by atoms with Crippen LogP contribution in [0.15, 0.2) is 84.0 Å². The van der Waals surface area contributed by atoms with E-state index in [-0.39, 0.29) is 23.9 Å². The fraction of sp³-hybridized carbons (Fsp3) is 0.241. The molecule has 4 aromatic rings. The zero-order valence-electron chi connectivity index (χ0n) is 22.6. The van der Waals surface area contributed by atoms with Gasteiger partial charge in [0.15, 0.2) is 0 Å². The highest BCUT2D eigenvalue weighted by atomic mass is 32.2. The number of nitrogens with zero attached hydrogens (tertiary/aromatic N) is 4. The molecule has 0 saturated carbocycles. The van der Waals surface area contributed by atoms with Gasteiger partial charge < -0.3 is 10.6 Å². The number of benzene rings is 2. The SMILES string of the molecule is O=C(NCc1cc(-c2ccc(C(F)(F)F)cc2)nc(NCc2cccnc2)n1)C1CCCN1S(=O)(=O)c1ccc(F)cc1. The lowest BCUT2D eigenvalue weighted by Gasteiger charge is -2.23. The van der Waals surface area contributed by atoms with Gasteiger partial charge in [-0.1, -0.05) is 18.2 Å². The molecule has 1 unspecified atom stereocenters. The average molecular weight is 615 g/mol. The summed E-state index contributed by atoms with van der Waals surface area (Å²) in [5.41, 5.74) is 1.11. The van der Waals surface area contributed by atoms with Crippen molar-refractivity contribution >= 4 is 21.9 Å². The number of hydrogen-bond donors (Lipinski definition) is 2. The summed E-state index contributed by atoms with van der Waals surface area (Å²) in [5.74, 6) is -0.945. The standard InChI is InChI=1S/C29H26F4N6O3S/c30-22-9-11-24(12-10-22)43(41,42)39-14-2-4-26(39)27(40)35-18-23-15-25(20-5-7-21(8-6-20)29(31,32)33)38-28(37-23)36-17-19-3-1-13-34-16-19/h1,3,5-13,15-16,26H,2,4,14,17-18H2,(H,35,40)(H,36,37,38). The number of anilines is 1. The number of alkyl halides is 3. The van der Waals surface area contributed by atoms with Crippen LogP contribution in [-0.4, -0.2) is 46.2 Å². The minimum absolute atomic E-state index is 0.0997. The lowest BCUT2D eigenvalue weighted by atomic mass is 10.1. The van der Waals surface area contributed by atoms with E-state index in [2.05, 4.69) is 25.6 Å². The molecular weight excluding hydrogens is 588 g/mol. The molecule has 9 nitrogen and oxygen atoms in total. The van der Waals surface area contributed by atoms with Crippen molar-refractivity contribution in [3.8, 4) is 11.3 Å². The van der Waals surface area contributed by atoms with E-state index in [0.29, 0.717) is 36.3 Å². The molecule has 0 radical (unpaired) electrons. The highest BCUT2D eigenvalue weighted by Gasteiger charge is 2.39. The van der Waals surface area contributed by atoms with Gasteiger partial charge in [-0.3, -0.25) is 9.78 Å². The van der Waals surface area contributed by atoms with Gasteiger partial charge in [0.2, 0.25) is 21.9 Å². The van der Waals surface area contributed by atoms with Crippen LogP contribution >= 0.6 is 0 Å². The third-order valence-corrected chi connectivity index (χ3v) is 8.75. The molecule has 0 aliphatic carbocycles. The van der Waals surface area contributed by atoms with Gasteiger partial charge in [-0.15, -0.1) is 0 Å². The Morgan fingerprint density at radius 2 is 1.74 bits per heavy atom. The van der Waals surface area contributed by atoms with Gasteiger partial charge >= 0.3 is 6.18 Å². The van der Waals surface area contributed by atoms with Gasteiger partial charge in [0.25, 0.3) is 0 Å². The van der Waals surface area contributed by atoms with E-state index in [0.717, 1.165) is 46.3 Å². The number of carbonyl (C=O) groups excluding carboxylic acids is 1. The van der Waals surface area contributed by atoms with Crippen molar-refractivity contribution in [2.24, 2.45) is 0 Å². The van der Waals surface area contributed by atoms with Crippen LogP contribution in [0.1, 0.15) is 29.7 Å². The highest BCUT2D eigenvalue weighted by Crippen LogP contribution is 2.31. The highest BCUT2D eigenvalue weighted by molar-refractivity contribution is 7.89.